The van der Waals surface area contributed by atoms with Crippen LogP contribution in [0.3, 0.4) is 0 Å². The van der Waals surface area contributed by atoms with Crippen LogP contribution in [0, 0.1) is 12.7 Å². The second-order valence-corrected chi connectivity index (χ2v) is 4.22. The van der Waals surface area contributed by atoms with Gasteiger partial charge in [0.2, 0.25) is 0 Å². The van der Waals surface area contributed by atoms with E-state index in [9.17, 15) is 9.50 Å². The first-order valence-electron chi connectivity index (χ1n) is 4.52. The first-order chi connectivity index (χ1) is 7.18. The number of rotatable bonds is 2. The van der Waals surface area contributed by atoms with E-state index >= 15 is 0 Å². The molecule has 0 saturated heterocycles. The summed E-state index contributed by atoms with van der Waals surface area (Å²) in [5, 5.41) is 12.2. The van der Waals surface area contributed by atoms with Gasteiger partial charge in [-0.25, -0.2) is 9.37 Å². The van der Waals surface area contributed by atoms with Crippen molar-refractivity contribution in [1.82, 2.24) is 4.98 Å². The SMILES string of the molecule is Cc1ccc(F)c(C(O)c2nccs2)c1. The highest BCUT2D eigenvalue weighted by atomic mass is 32.1. The lowest BCUT2D eigenvalue weighted by molar-refractivity contribution is 0.214. The van der Waals surface area contributed by atoms with Gasteiger partial charge < -0.3 is 5.11 Å². The summed E-state index contributed by atoms with van der Waals surface area (Å²) in [6, 6.07) is 4.68. The zero-order chi connectivity index (χ0) is 10.8. The molecule has 1 aromatic carbocycles. The Kier molecular flexibility index (Phi) is 2.79. The second-order valence-electron chi connectivity index (χ2n) is 3.30. The molecule has 0 bridgehead atoms. The van der Waals surface area contributed by atoms with Gasteiger partial charge in [-0.1, -0.05) is 17.7 Å². The number of aromatic nitrogens is 1. The van der Waals surface area contributed by atoms with E-state index < -0.39 is 11.9 Å². The minimum Gasteiger partial charge on any atom is -0.381 e. The second kappa shape index (κ2) is 4.08. The van der Waals surface area contributed by atoms with Crippen LogP contribution in [0.15, 0.2) is 29.8 Å². The van der Waals surface area contributed by atoms with E-state index in [2.05, 4.69) is 4.98 Å². The smallest absolute Gasteiger partial charge is 0.133 e. The van der Waals surface area contributed by atoms with Crippen LogP contribution in [-0.4, -0.2) is 10.1 Å². The number of thiazole rings is 1. The summed E-state index contributed by atoms with van der Waals surface area (Å²) in [7, 11) is 0. The Labute approximate surface area is 91.0 Å². The van der Waals surface area contributed by atoms with Crippen molar-refractivity contribution in [2.24, 2.45) is 0 Å². The lowest BCUT2D eigenvalue weighted by Crippen LogP contribution is -2.02. The molecule has 15 heavy (non-hydrogen) atoms. The Bertz CT molecular complexity index is 456. The molecule has 0 aliphatic rings. The van der Waals surface area contributed by atoms with E-state index in [1.807, 2.05) is 6.92 Å². The molecule has 1 atom stereocenters. The van der Waals surface area contributed by atoms with Crippen LogP contribution < -0.4 is 0 Å². The standard InChI is InChI=1S/C11H10FNOS/c1-7-2-3-9(12)8(6-7)10(14)11-13-4-5-15-11/h2-6,10,14H,1H3. The topological polar surface area (TPSA) is 33.1 Å². The van der Waals surface area contributed by atoms with Crippen LogP contribution in [0.4, 0.5) is 4.39 Å². The number of hydrogen-bond acceptors (Lipinski definition) is 3. The highest BCUT2D eigenvalue weighted by Crippen LogP contribution is 2.26. The van der Waals surface area contributed by atoms with Gasteiger partial charge >= 0.3 is 0 Å². The van der Waals surface area contributed by atoms with E-state index in [0.717, 1.165) is 5.56 Å². The van der Waals surface area contributed by atoms with Crippen molar-refractivity contribution in [3.8, 4) is 0 Å². The van der Waals surface area contributed by atoms with Gasteiger partial charge in [-0.3, -0.25) is 0 Å². The third-order valence-electron chi connectivity index (χ3n) is 2.13. The van der Waals surface area contributed by atoms with Crippen molar-refractivity contribution in [1.29, 1.82) is 0 Å². The zero-order valence-corrected chi connectivity index (χ0v) is 8.96. The van der Waals surface area contributed by atoms with Gasteiger partial charge in [-0.2, -0.15) is 0 Å². The number of nitrogens with zero attached hydrogens (tertiary/aromatic N) is 1. The fourth-order valence-electron chi connectivity index (χ4n) is 1.38. The number of aryl methyl sites for hydroxylation is 1. The van der Waals surface area contributed by atoms with E-state index in [4.69, 9.17) is 0 Å². The van der Waals surface area contributed by atoms with Crippen LogP contribution in [-0.2, 0) is 0 Å². The Balaban J connectivity index is 2.41. The van der Waals surface area contributed by atoms with Gasteiger partial charge in [0.15, 0.2) is 0 Å². The summed E-state index contributed by atoms with van der Waals surface area (Å²) in [6.45, 7) is 1.86. The molecule has 0 radical (unpaired) electrons. The largest absolute Gasteiger partial charge is 0.381 e. The fraction of sp³-hybridized carbons (Fsp3) is 0.182. The van der Waals surface area contributed by atoms with E-state index in [1.54, 1.807) is 23.7 Å². The quantitative estimate of drug-likeness (QED) is 0.849. The summed E-state index contributed by atoms with van der Waals surface area (Å²) in [5.74, 6) is -0.400. The molecule has 0 saturated carbocycles. The fourth-order valence-corrected chi connectivity index (χ4v) is 2.01. The monoisotopic (exact) mass is 223 g/mol. The van der Waals surface area contributed by atoms with Gasteiger partial charge in [-0.15, -0.1) is 11.3 Å². The normalized spacial score (nSPS) is 12.7. The molecule has 1 N–H and O–H groups in total. The Morgan fingerprint density at radius 2 is 2.27 bits per heavy atom. The van der Waals surface area contributed by atoms with Crippen molar-refractivity contribution in [3.05, 3.63) is 51.7 Å². The Morgan fingerprint density at radius 3 is 2.93 bits per heavy atom. The molecular weight excluding hydrogens is 213 g/mol. The Hall–Kier alpha value is -1.26. The average Bonchev–Trinajstić information content (AvgIpc) is 2.74. The molecule has 2 nitrogen and oxygen atoms in total. The summed E-state index contributed by atoms with van der Waals surface area (Å²) in [4.78, 5) is 3.97. The molecule has 1 heterocycles. The van der Waals surface area contributed by atoms with Gasteiger partial charge in [0.1, 0.15) is 16.9 Å². The summed E-state index contributed by atoms with van der Waals surface area (Å²) in [6.07, 6.45) is 0.626. The van der Waals surface area contributed by atoms with Crippen LogP contribution in [0.5, 0.6) is 0 Å². The molecule has 2 aromatic rings. The molecule has 0 fully saturated rings. The first-order valence-corrected chi connectivity index (χ1v) is 5.40. The van der Waals surface area contributed by atoms with E-state index in [-0.39, 0.29) is 5.56 Å². The van der Waals surface area contributed by atoms with Crippen molar-refractivity contribution >= 4 is 11.3 Å². The number of halogens is 1. The van der Waals surface area contributed by atoms with Gasteiger partial charge in [0, 0.05) is 17.1 Å². The molecule has 78 valence electrons. The molecule has 0 aliphatic carbocycles. The van der Waals surface area contributed by atoms with E-state index in [0.29, 0.717) is 5.01 Å². The zero-order valence-electron chi connectivity index (χ0n) is 8.14. The number of benzene rings is 1. The van der Waals surface area contributed by atoms with E-state index in [1.165, 1.54) is 17.4 Å². The van der Waals surface area contributed by atoms with Crippen LogP contribution in [0.2, 0.25) is 0 Å². The number of hydrogen-bond donors (Lipinski definition) is 1. The van der Waals surface area contributed by atoms with Crippen LogP contribution in [0.1, 0.15) is 22.2 Å². The maximum absolute atomic E-state index is 13.4. The molecule has 1 unspecified atom stereocenters. The highest BCUT2D eigenvalue weighted by Gasteiger charge is 2.16. The third-order valence-corrected chi connectivity index (χ3v) is 2.96. The number of aliphatic hydroxyl groups excluding tert-OH is 1. The maximum atomic E-state index is 13.4. The summed E-state index contributed by atoms with van der Waals surface area (Å²) < 4.78 is 13.4. The van der Waals surface area contributed by atoms with Gasteiger partial charge in [0.05, 0.1) is 0 Å². The van der Waals surface area contributed by atoms with Crippen molar-refractivity contribution in [3.63, 3.8) is 0 Å². The third kappa shape index (κ3) is 2.06. The van der Waals surface area contributed by atoms with Crippen molar-refractivity contribution in [2.45, 2.75) is 13.0 Å². The molecular formula is C11H10FNOS. The Morgan fingerprint density at radius 1 is 1.47 bits per heavy atom. The summed E-state index contributed by atoms with van der Waals surface area (Å²) in [5.41, 5.74) is 1.20. The van der Waals surface area contributed by atoms with Crippen molar-refractivity contribution < 1.29 is 9.50 Å². The average molecular weight is 223 g/mol. The lowest BCUT2D eigenvalue weighted by atomic mass is 10.1. The lowest BCUT2D eigenvalue weighted by Gasteiger charge is -2.09. The minimum absolute atomic E-state index is 0.282. The molecule has 4 heteroatoms. The molecule has 1 aromatic heterocycles. The molecule has 0 aliphatic heterocycles. The van der Waals surface area contributed by atoms with Crippen molar-refractivity contribution in [2.75, 3.05) is 0 Å². The molecule has 0 spiro atoms. The molecule has 0 amide bonds. The van der Waals surface area contributed by atoms with Gasteiger partial charge in [-0.05, 0) is 13.0 Å². The number of aliphatic hydroxyl groups is 1. The first kappa shape index (κ1) is 10.3. The summed E-state index contributed by atoms with van der Waals surface area (Å²) >= 11 is 1.31. The minimum atomic E-state index is -0.968. The predicted octanol–water partition coefficient (Wildman–Crippen LogP) is 2.67. The predicted molar refractivity (Wildman–Crippen MR) is 57.3 cm³/mol. The highest BCUT2D eigenvalue weighted by molar-refractivity contribution is 7.09. The maximum Gasteiger partial charge on any atom is 0.133 e. The van der Waals surface area contributed by atoms with Crippen LogP contribution >= 0.6 is 11.3 Å². The van der Waals surface area contributed by atoms with Crippen LogP contribution in [0.25, 0.3) is 0 Å². The van der Waals surface area contributed by atoms with Gasteiger partial charge in [0.25, 0.3) is 0 Å². The molecule has 2 rings (SSSR count).